The summed E-state index contributed by atoms with van der Waals surface area (Å²) in [5, 5.41) is 6.54. The monoisotopic (exact) mass is 352 g/mol. The van der Waals surface area contributed by atoms with E-state index in [4.69, 9.17) is 11.6 Å². The molecule has 0 radical (unpaired) electrons. The number of hydrogen-bond acceptors (Lipinski definition) is 4. The number of carbonyl (C=O) groups is 1. The summed E-state index contributed by atoms with van der Waals surface area (Å²) in [5.41, 5.74) is 3.43. The first-order valence-corrected chi connectivity index (χ1v) is 8.17. The van der Waals surface area contributed by atoms with Crippen molar-refractivity contribution in [2.24, 2.45) is 0 Å². The molecule has 0 aliphatic carbocycles. The molecule has 0 aliphatic rings. The number of aryl methyl sites for hydroxylation is 1. The molecule has 0 atom stereocenters. The highest BCUT2D eigenvalue weighted by Crippen LogP contribution is 2.14. The zero-order chi connectivity index (χ0) is 17.6. The molecule has 1 amide bonds. The number of benzene rings is 2. The fraction of sp³-hybridized carbons (Fsp3) is 0.105. The van der Waals surface area contributed by atoms with E-state index in [1.165, 1.54) is 23.5 Å². The van der Waals surface area contributed by atoms with Crippen LogP contribution in [0.4, 0.5) is 11.6 Å². The molecule has 1 heterocycles. The molecule has 126 valence electrons. The van der Waals surface area contributed by atoms with Gasteiger partial charge in [-0.1, -0.05) is 35.9 Å². The maximum Gasteiger partial charge on any atom is 0.258 e. The van der Waals surface area contributed by atoms with E-state index >= 15 is 0 Å². The van der Waals surface area contributed by atoms with Gasteiger partial charge in [-0.05, 0) is 42.3 Å². The summed E-state index contributed by atoms with van der Waals surface area (Å²) < 4.78 is 0. The molecular weight excluding hydrogens is 336 g/mol. The van der Waals surface area contributed by atoms with Crippen molar-refractivity contribution in [2.45, 2.75) is 13.5 Å². The molecule has 0 spiro atoms. The van der Waals surface area contributed by atoms with Crippen LogP contribution < -0.4 is 10.6 Å². The van der Waals surface area contributed by atoms with Crippen LogP contribution in [0.5, 0.6) is 0 Å². The Kier molecular flexibility index (Phi) is 5.26. The van der Waals surface area contributed by atoms with Crippen molar-refractivity contribution in [3.63, 3.8) is 0 Å². The lowest BCUT2D eigenvalue weighted by molar-refractivity contribution is 0.102. The van der Waals surface area contributed by atoms with E-state index in [0.29, 0.717) is 28.8 Å². The first kappa shape index (κ1) is 16.9. The van der Waals surface area contributed by atoms with Crippen LogP contribution in [0.15, 0.2) is 60.9 Å². The van der Waals surface area contributed by atoms with Gasteiger partial charge in [0.25, 0.3) is 5.91 Å². The molecule has 0 saturated heterocycles. The minimum Gasteiger partial charge on any atom is -0.350 e. The molecule has 0 unspecified atom stereocenters. The normalized spacial score (nSPS) is 10.3. The van der Waals surface area contributed by atoms with E-state index < -0.39 is 0 Å². The second kappa shape index (κ2) is 7.77. The number of halogens is 1. The number of anilines is 2. The van der Waals surface area contributed by atoms with Crippen molar-refractivity contribution < 1.29 is 4.79 Å². The maximum absolute atomic E-state index is 12.2. The Balaban J connectivity index is 1.60. The lowest BCUT2D eigenvalue weighted by Crippen LogP contribution is -2.13. The van der Waals surface area contributed by atoms with Crippen molar-refractivity contribution in [2.75, 3.05) is 10.6 Å². The summed E-state index contributed by atoms with van der Waals surface area (Å²) in [4.78, 5) is 20.6. The predicted octanol–water partition coefficient (Wildman–Crippen LogP) is 4.30. The number of rotatable bonds is 5. The summed E-state index contributed by atoms with van der Waals surface area (Å²) in [6.07, 6.45) is 3.00. The van der Waals surface area contributed by atoms with E-state index in [1.807, 2.05) is 12.1 Å². The highest BCUT2D eigenvalue weighted by atomic mass is 35.5. The Bertz CT molecular complexity index is 863. The first-order valence-electron chi connectivity index (χ1n) is 7.79. The van der Waals surface area contributed by atoms with Crippen LogP contribution in [0.2, 0.25) is 5.02 Å². The number of hydrogen-bond donors (Lipinski definition) is 2. The van der Waals surface area contributed by atoms with Crippen LogP contribution in [-0.2, 0) is 6.54 Å². The Labute approximate surface area is 151 Å². The minimum atomic E-state index is -0.271. The van der Waals surface area contributed by atoms with E-state index in [1.54, 1.807) is 24.3 Å². The van der Waals surface area contributed by atoms with Crippen LogP contribution in [0.25, 0.3) is 0 Å². The summed E-state index contributed by atoms with van der Waals surface area (Å²) in [6, 6.07) is 15.0. The van der Waals surface area contributed by atoms with Crippen molar-refractivity contribution in [3.05, 3.63) is 82.6 Å². The number of amides is 1. The number of nitrogens with zero attached hydrogens (tertiary/aromatic N) is 2. The molecule has 0 aliphatic heterocycles. The molecule has 25 heavy (non-hydrogen) atoms. The summed E-state index contributed by atoms with van der Waals surface area (Å²) in [6.45, 7) is 2.69. The second-order valence-electron chi connectivity index (χ2n) is 5.54. The summed E-state index contributed by atoms with van der Waals surface area (Å²) in [5.74, 6) is 0.207. The lowest BCUT2D eigenvalue weighted by Gasteiger charge is -2.08. The molecular formula is C19H17ClN4O. The van der Waals surface area contributed by atoms with E-state index in [2.05, 4.69) is 39.7 Å². The van der Waals surface area contributed by atoms with Gasteiger partial charge in [-0.3, -0.25) is 4.79 Å². The van der Waals surface area contributed by atoms with Gasteiger partial charge in [-0.2, -0.15) is 0 Å². The third-order valence-electron chi connectivity index (χ3n) is 3.71. The zero-order valence-electron chi connectivity index (χ0n) is 13.7. The molecule has 1 aromatic heterocycles. The van der Waals surface area contributed by atoms with Gasteiger partial charge >= 0.3 is 0 Å². The van der Waals surface area contributed by atoms with Gasteiger partial charge in [0, 0.05) is 29.6 Å². The van der Waals surface area contributed by atoms with Crippen molar-refractivity contribution in [1.82, 2.24) is 9.97 Å². The Hall–Kier alpha value is -2.92. The van der Waals surface area contributed by atoms with Gasteiger partial charge in [0.2, 0.25) is 5.95 Å². The standard InChI is InChI=1S/C19H17ClN4O/c1-13-4-2-3-5-14(13)10-21-19-22-11-15(12-23-19)18(25)24-17-8-6-16(20)7-9-17/h2-9,11-12H,10H2,1H3,(H,24,25)(H,21,22,23). The van der Waals surface area contributed by atoms with Gasteiger partial charge in [-0.25, -0.2) is 9.97 Å². The molecule has 0 fully saturated rings. The van der Waals surface area contributed by atoms with Crippen LogP contribution >= 0.6 is 11.6 Å². The molecule has 2 aromatic carbocycles. The molecule has 0 bridgehead atoms. The third-order valence-corrected chi connectivity index (χ3v) is 3.97. The fourth-order valence-electron chi connectivity index (χ4n) is 2.26. The summed E-state index contributed by atoms with van der Waals surface area (Å²) in [7, 11) is 0. The second-order valence-corrected chi connectivity index (χ2v) is 5.97. The maximum atomic E-state index is 12.2. The SMILES string of the molecule is Cc1ccccc1CNc1ncc(C(=O)Nc2ccc(Cl)cc2)cn1. The Morgan fingerprint density at radius 1 is 1.04 bits per heavy atom. The first-order chi connectivity index (χ1) is 12.1. The fourth-order valence-corrected chi connectivity index (χ4v) is 2.38. The molecule has 0 saturated carbocycles. The number of carbonyl (C=O) groups excluding carboxylic acids is 1. The molecule has 3 aromatic rings. The van der Waals surface area contributed by atoms with Crippen LogP contribution in [-0.4, -0.2) is 15.9 Å². The van der Waals surface area contributed by atoms with Crippen LogP contribution in [0, 0.1) is 6.92 Å². The van der Waals surface area contributed by atoms with Crippen LogP contribution in [0.1, 0.15) is 21.5 Å². The predicted molar refractivity (Wildman–Crippen MR) is 99.9 cm³/mol. The quantitative estimate of drug-likeness (QED) is 0.718. The van der Waals surface area contributed by atoms with Crippen molar-refractivity contribution >= 4 is 29.1 Å². The van der Waals surface area contributed by atoms with Crippen LogP contribution in [0.3, 0.4) is 0 Å². The summed E-state index contributed by atoms with van der Waals surface area (Å²) >= 11 is 5.83. The molecule has 3 rings (SSSR count). The smallest absolute Gasteiger partial charge is 0.258 e. The van der Waals surface area contributed by atoms with Crippen molar-refractivity contribution in [3.8, 4) is 0 Å². The molecule has 6 heteroatoms. The van der Waals surface area contributed by atoms with Gasteiger partial charge < -0.3 is 10.6 Å². The largest absolute Gasteiger partial charge is 0.350 e. The average Bonchev–Trinajstić information content (AvgIpc) is 2.63. The number of aromatic nitrogens is 2. The molecule has 2 N–H and O–H groups in total. The van der Waals surface area contributed by atoms with Gasteiger partial charge in [-0.15, -0.1) is 0 Å². The van der Waals surface area contributed by atoms with E-state index in [9.17, 15) is 4.79 Å². The zero-order valence-corrected chi connectivity index (χ0v) is 14.4. The highest BCUT2D eigenvalue weighted by molar-refractivity contribution is 6.30. The van der Waals surface area contributed by atoms with Gasteiger partial charge in [0.1, 0.15) is 0 Å². The minimum absolute atomic E-state index is 0.271. The Morgan fingerprint density at radius 3 is 2.40 bits per heavy atom. The highest BCUT2D eigenvalue weighted by Gasteiger charge is 2.08. The topological polar surface area (TPSA) is 66.9 Å². The lowest BCUT2D eigenvalue weighted by atomic mass is 10.1. The third kappa shape index (κ3) is 4.55. The average molecular weight is 353 g/mol. The molecule has 5 nitrogen and oxygen atoms in total. The van der Waals surface area contributed by atoms with Crippen molar-refractivity contribution in [1.29, 1.82) is 0 Å². The number of nitrogens with one attached hydrogen (secondary N) is 2. The Morgan fingerprint density at radius 2 is 1.72 bits per heavy atom. The van der Waals surface area contributed by atoms with Gasteiger partial charge in [0.05, 0.1) is 5.56 Å². The van der Waals surface area contributed by atoms with E-state index in [0.717, 1.165) is 0 Å². The van der Waals surface area contributed by atoms with Gasteiger partial charge in [0.15, 0.2) is 0 Å². The van der Waals surface area contributed by atoms with E-state index in [-0.39, 0.29) is 5.91 Å².